The van der Waals surface area contributed by atoms with Gasteiger partial charge in [-0.05, 0) is 19.4 Å². The fraction of sp³-hybridized carbons (Fsp3) is 0.222. The Morgan fingerprint density at radius 3 is 2.31 bits per heavy atom. The largest absolute Gasteiger partial charge is 0.193 e. The first-order chi connectivity index (χ1) is 6.16. The highest BCUT2D eigenvalue weighted by atomic mass is 15.5. The molecule has 0 N–H and O–H groups in total. The van der Waals surface area contributed by atoms with E-state index in [1.165, 1.54) is 4.80 Å². The van der Waals surface area contributed by atoms with Crippen molar-refractivity contribution in [1.82, 2.24) is 15.0 Å². The zero-order valence-electron chi connectivity index (χ0n) is 7.65. The van der Waals surface area contributed by atoms with Gasteiger partial charge in [-0.3, -0.25) is 0 Å². The number of rotatable bonds is 2. The number of nitrogens with zero attached hydrogens (tertiary/aromatic N) is 4. The van der Waals surface area contributed by atoms with E-state index in [2.05, 4.69) is 22.8 Å². The second kappa shape index (κ2) is 3.68. The summed E-state index contributed by atoms with van der Waals surface area (Å²) in [5, 5.41) is 16.6. The molecule has 0 atom stereocenters. The summed E-state index contributed by atoms with van der Waals surface area (Å²) in [6, 6.07) is 2.05. The number of hydrogen-bond donors (Lipinski definition) is 0. The van der Waals surface area contributed by atoms with Crippen LogP contribution in [0.15, 0.2) is 30.1 Å². The Hall–Kier alpha value is -1.89. The van der Waals surface area contributed by atoms with Gasteiger partial charge < -0.3 is 0 Å². The number of aromatic nitrogens is 3. The van der Waals surface area contributed by atoms with Crippen LogP contribution in [0.4, 0.5) is 0 Å². The lowest BCUT2D eigenvalue weighted by atomic mass is 10.1. The maximum Gasteiger partial charge on any atom is 0.101 e. The molecule has 0 spiro atoms. The molecule has 66 valence electrons. The third-order valence-corrected chi connectivity index (χ3v) is 1.55. The van der Waals surface area contributed by atoms with Gasteiger partial charge in [-0.2, -0.15) is 20.3 Å². The summed E-state index contributed by atoms with van der Waals surface area (Å²) < 4.78 is 0. The minimum Gasteiger partial charge on any atom is -0.193 e. The van der Waals surface area contributed by atoms with E-state index >= 15 is 0 Å². The van der Waals surface area contributed by atoms with E-state index in [1.807, 2.05) is 6.92 Å². The third kappa shape index (κ3) is 1.82. The highest BCUT2D eigenvalue weighted by molar-refractivity contribution is 5.67. The van der Waals surface area contributed by atoms with Crippen LogP contribution >= 0.6 is 0 Å². The first-order valence-corrected chi connectivity index (χ1v) is 3.80. The molecule has 4 nitrogen and oxygen atoms in total. The third-order valence-electron chi connectivity index (χ3n) is 1.55. The first kappa shape index (κ1) is 9.20. The second-order valence-corrected chi connectivity index (χ2v) is 2.68. The predicted octanol–water partition coefficient (Wildman–Crippen LogP) is 1.61. The fourth-order valence-electron chi connectivity index (χ4n) is 1.02. The Morgan fingerprint density at radius 1 is 1.38 bits per heavy atom. The average Bonchev–Trinajstić information content (AvgIpc) is 2.56. The van der Waals surface area contributed by atoms with Crippen molar-refractivity contribution >= 4 is 5.70 Å². The lowest BCUT2D eigenvalue weighted by Crippen LogP contribution is -2.04. The summed E-state index contributed by atoms with van der Waals surface area (Å²) in [7, 11) is 0. The van der Waals surface area contributed by atoms with Crippen LogP contribution in [0.3, 0.4) is 0 Å². The van der Waals surface area contributed by atoms with E-state index in [-0.39, 0.29) is 0 Å². The van der Waals surface area contributed by atoms with Crippen molar-refractivity contribution in [2.75, 3.05) is 0 Å². The maximum absolute atomic E-state index is 8.74. The molecule has 1 heterocycles. The Balaban J connectivity index is 3.26. The summed E-state index contributed by atoms with van der Waals surface area (Å²) in [5.41, 5.74) is 1.99. The number of hydrogen-bond acceptors (Lipinski definition) is 3. The summed E-state index contributed by atoms with van der Waals surface area (Å²) >= 11 is 0. The summed E-state index contributed by atoms with van der Waals surface area (Å²) in [6.07, 6.45) is 3.13. The highest BCUT2D eigenvalue weighted by Crippen LogP contribution is 2.15. The van der Waals surface area contributed by atoms with E-state index in [1.54, 1.807) is 19.3 Å². The van der Waals surface area contributed by atoms with Crippen molar-refractivity contribution in [1.29, 1.82) is 5.26 Å². The van der Waals surface area contributed by atoms with Gasteiger partial charge in [-0.1, -0.05) is 6.58 Å². The molecule has 0 bridgehead atoms. The molecule has 1 aromatic rings. The van der Waals surface area contributed by atoms with E-state index < -0.39 is 0 Å². The summed E-state index contributed by atoms with van der Waals surface area (Å²) in [5.74, 6) is 0. The minimum absolute atomic E-state index is 0.559. The zero-order valence-corrected chi connectivity index (χ0v) is 7.65. The van der Waals surface area contributed by atoms with Crippen LogP contribution in [0.1, 0.15) is 13.8 Å². The van der Waals surface area contributed by atoms with Gasteiger partial charge in [0.15, 0.2) is 0 Å². The second-order valence-electron chi connectivity index (χ2n) is 2.68. The molecule has 0 saturated heterocycles. The van der Waals surface area contributed by atoms with Crippen molar-refractivity contribution in [2.45, 2.75) is 13.8 Å². The molecule has 0 saturated carbocycles. The molecular weight excluding hydrogens is 164 g/mol. The van der Waals surface area contributed by atoms with E-state index in [0.29, 0.717) is 11.3 Å². The quantitative estimate of drug-likeness (QED) is 0.505. The van der Waals surface area contributed by atoms with Gasteiger partial charge in [0.2, 0.25) is 0 Å². The van der Waals surface area contributed by atoms with Crippen LogP contribution < -0.4 is 0 Å². The molecule has 0 aromatic carbocycles. The lowest BCUT2D eigenvalue weighted by Gasteiger charge is -2.05. The van der Waals surface area contributed by atoms with Gasteiger partial charge in [0.05, 0.1) is 24.0 Å². The smallest absolute Gasteiger partial charge is 0.101 e. The molecule has 0 aliphatic heterocycles. The molecule has 0 aliphatic rings. The standard InChI is InChI=1S/C9H10N4/c1-7(2)9(8(3)6-10)13-11-4-5-12-13/h4-5H,1H2,2-3H3/b9-8-. The minimum atomic E-state index is 0.559. The average molecular weight is 174 g/mol. The Morgan fingerprint density at radius 2 is 1.92 bits per heavy atom. The predicted molar refractivity (Wildman–Crippen MR) is 49.3 cm³/mol. The van der Waals surface area contributed by atoms with Crippen LogP contribution in [0.2, 0.25) is 0 Å². The molecule has 1 aromatic heterocycles. The number of allylic oxidation sites excluding steroid dienone is 3. The van der Waals surface area contributed by atoms with Crippen molar-refractivity contribution in [3.63, 3.8) is 0 Å². The van der Waals surface area contributed by atoms with Crippen molar-refractivity contribution < 1.29 is 0 Å². The van der Waals surface area contributed by atoms with Crippen molar-refractivity contribution in [3.05, 3.63) is 30.1 Å². The fourth-order valence-corrected chi connectivity index (χ4v) is 1.02. The molecule has 0 fully saturated rings. The molecule has 4 heteroatoms. The lowest BCUT2D eigenvalue weighted by molar-refractivity contribution is 0.766. The molecule has 0 radical (unpaired) electrons. The Kier molecular flexibility index (Phi) is 2.60. The van der Waals surface area contributed by atoms with E-state index in [4.69, 9.17) is 5.26 Å². The van der Waals surface area contributed by atoms with Gasteiger partial charge in [0.25, 0.3) is 0 Å². The van der Waals surface area contributed by atoms with Crippen LogP contribution in [0.5, 0.6) is 0 Å². The highest BCUT2D eigenvalue weighted by Gasteiger charge is 2.06. The topological polar surface area (TPSA) is 54.5 Å². The summed E-state index contributed by atoms with van der Waals surface area (Å²) in [6.45, 7) is 7.31. The molecule has 0 unspecified atom stereocenters. The van der Waals surface area contributed by atoms with E-state index in [0.717, 1.165) is 5.57 Å². The summed E-state index contributed by atoms with van der Waals surface area (Å²) in [4.78, 5) is 1.40. The normalized spacial score (nSPS) is 11.8. The molecule has 0 amide bonds. The SMILES string of the molecule is C=C(C)/C(=C(\C)C#N)n1nccn1. The van der Waals surface area contributed by atoms with Gasteiger partial charge in [0, 0.05) is 0 Å². The van der Waals surface area contributed by atoms with Crippen molar-refractivity contribution in [3.8, 4) is 6.07 Å². The number of nitriles is 1. The van der Waals surface area contributed by atoms with Crippen LogP contribution in [0, 0.1) is 11.3 Å². The molecule has 1 rings (SSSR count). The maximum atomic E-state index is 8.74. The molecular formula is C9H10N4. The van der Waals surface area contributed by atoms with Gasteiger partial charge in [-0.25, -0.2) is 0 Å². The Bertz CT molecular complexity index is 378. The molecule has 13 heavy (non-hydrogen) atoms. The molecule has 0 aliphatic carbocycles. The van der Waals surface area contributed by atoms with Gasteiger partial charge in [0.1, 0.15) is 5.70 Å². The van der Waals surface area contributed by atoms with Crippen LogP contribution in [-0.4, -0.2) is 15.0 Å². The van der Waals surface area contributed by atoms with E-state index in [9.17, 15) is 0 Å². The van der Waals surface area contributed by atoms with Crippen molar-refractivity contribution in [2.24, 2.45) is 0 Å². The monoisotopic (exact) mass is 174 g/mol. The van der Waals surface area contributed by atoms with Gasteiger partial charge >= 0.3 is 0 Å². The van der Waals surface area contributed by atoms with Crippen LogP contribution in [0.25, 0.3) is 5.70 Å². The first-order valence-electron chi connectivity index (χ1n) is 3.80. The van der Waals surface area contributed by atoms with Crippen LogP contribution in [-0.2, 0) is 0 Å². The van der Waals surface area contributed by atoms with Gasteiger partial charge in [-0.15, -0.1) is 0 Å². The Labute approximate surface area is 76.8 Å². The zero-order chi connectivity index (χ0) is 9.84.